The predicted octanol–water partition coefficient (Wildman–Crippen LogP) is 3.50. The van der Waals surface area contributed by atoms with E-state index in [-0.39, 0.29) is 5.91 Å². The summed E-state index contributed by atoms with van der Waals surface area (Å²) in [5, 5.41) is 11.6. The van der Waals surface area contributed by atoms with Crippen molar-refractivity contribution in [2.45, 2.75) is 51.4 Å². The zero-order chi connectivity index (χ0) is 17.5. The molecule has 5 heteroatoms. The van der Waals surface area contributed by atoms with Crippen LogP contribution in [0.4, 0.5) is 0 Å². The third kappa shape index (κ3) is 4.91. The standard InChI is InChI=1S/C20H28N4O/c1-24-18(22-23-20(24)17-10-6-3-7-11-17)14-15-21-19(25)13-12-16-8-4-2-5-9-16/h3,6-7,10-11,16H,2,4-5,8-9,12-15H2,1H3,(H,21,25). The van der Waals surface area contributed by atoms with Crippen LogP contribution < -0.4 is 5.32 Å². The highest BCUT2D eigenvalue weighted by molar-refractivity contribution is 5.75. The van der Waals surface area contributed by atoms with Crippen molar-refractivity contribution in [1.82, 2.24) is 20.1 Å². The molecule has 0 aliphatic heterocycles. The van der Waals surface area contributed by atoms with Crippen LogP contribution in [0, 0.1) is 5.92 Å². The Bertz CT molecular complexity index is 674. The summed E-state index contributed by atoms with van der Waals surface area (Å²) in [4.78, 5) is 12.0. The molecule has 2 aromatic rings. The summed E-state index contributed by atoms with van der Waals surface area (Å²) in [6.07, 6.45) is 9.02. The Morgan fingerprint density at radius 3 is 2.68 bits per heavy atom. The molecule has 3 rings (SSSR count). The van der Waals surface area contributed by atoms with E-state index in [1.54, 1.807) is 0 Å². The molecule has 1 fully saturated rings. The minimum atomic E-state index is 0.163. The summed E-state index contributed by atoms with van der Waals surface area (Å²) in [7, 11) is 1.97. The molecular weight excluding hydrogens is 312 g/mol. The van der Waals surface area contributed by atoms with E-state index in [1.165, 1.54) is 32.1 Å². The van der Waals surface area contributed by atoms with E-state index in [9.17, 15) is 4.79 Å². The second kappa shape index (κ2) is 8.79. The molecule has 0 spiro atoms. The van der Waals surface area contributed by atoms with E-state index in [0.717, 1.165) is 29.6 Å². The molecule has 1 saturated carbocycles. The van der Waals surface area contributed by atoms with Gasteiger partial charge in [0, 0.05) is 32.0 Å². The summed E-state index contributed by atoms with van der Waals surface area (Å²) < 4.78 is 2.00. The number of hydrogen-bond acceptors (Lipinski definition) is 3. The van der Waals surface area contributed by atoms with E-state index in [0.29, 0.717) is 19.4 Å². The Labute approximate surface area is 149 Å². The molecule has 1 aliphatic carbocycles. The fourth-order valence-corrected chi connectivity index (χ4v) is 3.63. The van der Waals surface area contributed by atoms with Crippen molar-refractivity contribution >= 4 is 5.91 Å². The quantitative estimate of drug-likeness (QED) is 0.839. The average Bonchev–Trinajstić information content (AvgIpc) is 3.02. The van der Waals surface area contributed by atoms with Crippen molar-refractivity contribution < 1.29 is 4.79 Å². The Balaban J connectivity index is 1.43. The maximum absolute atomic E-state index is 12.0. The number of carbonyl (C=O) groups excluding carboxylic acids is 1. The number of nitrogens with zero attached hydrogens (tertiary/aromatic N) is 3. The molecule has 1 amide bonds. The molecule has 0 radical (unpaired) electrons. The van der Waals surface area contributed by atoms with Gasteiger partial charge in [0.2, 0.25) is 5.91 Å². The van der Waals surface area contributed by atoms with Gasteiger partial charge in [-0.15, -0.1) is 10.2 Å². The van der Waals surface area contributed by atoms with E-state index < -0.39 is 0 Å². The van der Waals surface area contributed by atoms with Crippen molar-refractivity contribution in [3.63, 3.8) is 0 Å². The van der Waals surface area contributed by atoms with Crippen molar-refractivity contribution in [1.29, 1.82) is 0 Å². The summed E-state index contributed by atoms with van der Waals surface area (Å²) in [5.74, 6) is 2.67. The number of nitrogens with one attached hydrogen (secondary N) is 1. The van der Waals surface area contributed by atoms with Gasteiger partial charge >= 0.3 is 0 Å². The fourth-order valence-electron chi connectivity index (χ4n) is 3.63. The molecule has 1 aliphatic rings. The van der Waals surface area contributed by atoms with E-state index in [4.69, 9.17) is 0 Å². The van der Waals surface area contributed by atoms with Crippen molar-refractivity contribution in [3.8, 4) is 11.4 Å². The first-order valence-corrected chi connectivity index (χ1v) is 9.44. The minimum absolute atomic E-state index is 0.163. The van der Waals surface area contributed by atoms with Crippen LogP contribution in [0.25, 0.3) is 11.4 Å². The average molecular weight is 340 g/mol. The molecule has 1 aromatic carbocycles. The first kappa shape index (κ1) is 17.6. The highest BCUT2D eigenvalue weighted by atomic mass is 16.1. The second-order valence-corrected chi connectivity index (χ2v) is 7.01. The Morgan fingerprint density at radius 2 is 1.92 bits per heavy atom. The smallest absolute Gasteiger partial charge is 0.220 e. The monoisotopic (exact) mass is 340 g/mol. The molecule has 5 nitrogen and oxygen atoms in total. The maximum Gasteiger partial charge on any atom is 0.220 e. The van der Waals surface area contributed by atoms with Gasteiger partial charge in [0.1, 0.15) is 5.82 Å². The molecule has 1 heterocycles. The van der Waals surface area contributed by atoms with Crippen LogP contribution in [-0.2, 0) is 18.3 Å². The molecule has 0 atom stereocenters. The van der Waals surface area contributed by atoms with Crippen LogP contribution in [-0.4, -0.2) is 27.2 Å². The first-order chi connectivity index (χ1) is 12.2. The highest BCUT2D eigenvalue weighted by Gasteiger charge is 2.15. The van der Waals surface area contributed by atoms with Crippen LogP contribution in [0.5, 0.6) is 0 Å². The Hall–Kier alpha value is -2.17. The highest BCUT2D eigenvalue weighted by Crippen LogP contribution is 2.27. The lowest BCUT2D eigenvalue weighted by Gasteiger charge is -2.20. The van der Waals surface area contributed by atoms with Gasteiger partial charge < -0.3 is 9.88 Å². The number of hydrogen-bond donors (Lipinski definition) is 1. The van der Waals surface area contributed by atoms with E-state index >= 15 is 0 Å². The van der Waals surface area contributed by atoms with Gasteiger partial charge in [0.05, 0.1) is 0 Å². The normalized spacial score (nSPS) is 15.2. The molecule has 0 bridgehead atoms. The SMILES string of the molecule is Cn1c(CCNC(=O)CCC2CCCCC2)nnc1-c1ccccc1. The third-order valence-corrected chi connectivity index (χ3v) is 5.17. The zero-order valence-corrected chi connectivity index (χ0v) is 15.1. The predicted molar refractivity (Wildman–Crippen MR) is 99.0 cm³/mol. The van der Waals surface area contributed by atoms with Gasteiger partial charge in [0.25, 0.3) is 0 Å². The van der Waals surface area contributed by atoms with Crippen molar-refractivity contribution in [2.75, 3.05) is 6.54 Å². The Morgan fingerprint density at radius 1 is 1.16 bits per heavy atom. The van der Waals surface area contributed by atoms with Crippen molar-refractivity contribution in [2.24, 2.45) is 13.0 Å². The zero-order valence-electron chi connectivity index (χ0n) is 15.1. The van der Waals surface area contributed by atoms with Crippen LogP contribution in [0.15, 0.2) is 30.3 Å². The first-order valence-electron chi connectivity index (χ1n) is 9.44. The van der Waals surface area contributed by atoms with Gasteiger partial charge in [-0.3, -0.25) is 4.79 Å². The number of carbonyl (C=O) groups is 1. The maximum atomic E-state index is 12.0. The molecule has 0 saturated heterocycles. The number of benzene rings is 1. The second-order valence-electron chi connectivity index (χ2n) is 7.01. The van der Waals surface area contributed by atoms with Crippen molar-refractivity contribution in [3.05, 3.63) is 36.2 Å². The topological polar surface area (TPSA) is 59.8 Å². The third-order valence-electron chi connectivity index (χ3n) is 5.17. The van der Waals surface area contributed by atoms with Gasteiger partial charge in [0.15, 0.2) is 5.82 Å². The largest absolute Gasteiger partial charge is 0.356 e. The minimum Gasteiger partial charge on any atom is -0.356 e. The molecular formula is C20H28N4O. The van der Waals surface area contributed by atoms with E-state index in [2.05, 4.69) is 15.5 Å². The molecule has 0 unspecified atom stereocenters. The summed E-state index contributed by atoms with van der Waals surface area (Å²) in [6, 6.07) is 10.0. The Kier molecular flexibility index (Phi) is 6.20. The summed E-state index contributed by atoms with van der Waals surface area (Å²) in [6.45, 7) is 0.615. The number of rotatable bonds is 7. The lowest BCUT2D eigenvalue weighted by molar-refractivity contribution is -0.121. The van der Waals surface area contributed by atoms with Crippen LogP contribution in [0.2, 0.25) is 0 Å². The number of amides is 1. The summed E-state index contributed by atoms with van der Waals surface area (Å²) >= 11 is 0. The van der Waals surface area contributed by atoms with E-state index in [1.807, 2.05) is 41.9 Å². The van der Waals surface area contributed by atoms with Gasteiger partial charge in [-0.1, -0.05) is 62.4 Å². The molecule has 1 aromatic heterocycles. The summed E-state index contributed by atoms with van der Waals surface area (Å²) in [5.41, 5.74) is 1.06. The van der Waals surface area contributed by atoms with Gasteiger partial charge in [-0.2, -0.15) is 0 Å². The van der Waals surface area contributed by atoms with Gasteiger partial charge in [-0.05, 0) is 12.3 Å². The number of aromatic nitrogens is 3. The molecule has 134 valence electrons. The van der Waals surface area contributed by atoms with Crippen LogP contribution >= 0.6 is 0 Å². The van der Waals surface area contributed by atoms with Crippen LogP contribution in [0.3, 0.4) is 0 Å². The van der Waals surface area contributed by atoms with Crippen LogP contribution in [0.1, 0.15) is 50.8 Å². The molecule has 1 N–H and O–H groups in total. The fraction of sp³-hybridized carbons (Fsp3) is 0.550. The lowest BCUT2D eigenvalue weighted by atomic mass is 9.86. The van der Waals surface area contributed by atoms with Gasteiger partial charge in [-0.25, -0.2) is 0 Å². The lowest BCUT2D eigenvalue weighted by Crippen LogP contribution is -2.26. The molecule has 25 heavy (non-hydrogen) atoms.